The fourth-order valence-electron chi connectivity index (χ4n) is 1.72. The van der Waals surface area contributed by atoms with Gasteiger partial charge < -0.3 is 0 Å². The standard InChI is InChI=1S/C12H7BrN2/c13-11-6-5-10-9-4-2-1-3-8(9)7-14-12(10)15-11/h1-7H. The van der Waals surface area contributed by atoms with Gasteiger partial charge in [0.1, 0.15) is 4.60 Å². The van der Waals surface area contributed by atoms with Crippen LogP contribution in [-0.2, 0) is 0 Å². The van der Waals surface area contributed by atoms with Gasteiger partial charge in [0, 0.05) is 17.0 Å². The first-order chi connectivity index (χ1) is 7.34. The number of fused-ring (bicyclic) bond motifs is 3. The van der Waals surface area contributed by atoms with E-state index in [9.17, 15) is 0 Å². The number of benzene rings is 1. The van der Waals surface area contributed by atoms with Gasteiger partial charge in [-0.2, -0.15) is 0 Å². The van der Waals surface area contributed by atoms with Crippen molar-refractivity contribution in [2.45, 2.75) is 0 Å². The highest BCUT2D eigenvalue weighted by atomic mass is 79.9. The van der Waals surface area contributed by atoms with Gasteiger partial charge in [-0.05, 0) is 33.4 Å². The summed E-state index contributed by atoms with van der Waals surface area (Å²) in [6, 6.07) is 12.2. The van der Waals surface area contributed by atoms with E-state index in [2.05, 4.69) is 38.0 Å². The van der Waals surface area contributed by atoms with Crippen LogP contribution in [0.15, 0.2) is 47.2 Å². The van der Waals surface area contributed by atoms with Crippen molar-refractivity contribution in [2.75, 3.05) is 0 Å². The molecule has 0 aliphatic carbocycles. The number of pyridine rings is 2. The number of aromatic nitrogens is 2. The highest BCUT2D eigenvalue weighted by Crippen LogP contribution is 2.23. The Kier molecular flexibility index (Phi) is 1.92. The maximum Gasteiger partial charge on any atom is 0.161 e. The maximum absolute atomic E-state index is 4.33. The average Bonchev–Trinajstić information content (AvgIpc) is 2.28. The lowest BCUT2D eigenvalue weighted by Crippen LogP contribution is -1.85. The number of rotatable bonds is 0. The first-order valence-corrected chi connectivity index (χ1v) is 5.44. The Morgan fingerprint density at radius 2 is 1.80 bits per heavy atom. The van der Waals surface area contributed by atoms with Crippen LogP contribution in [0.4, 0.5) is 0 Å². The molecule has 0 aliphatic heterocycles. The second-order valence-corrected chi connectivity index (χ2v) is 4.16. The van der Waals surface area contributed by atoms with Crippen molar-refractivity contribution < 1.29 is 0 Å². The Hall–Kier alpha value is -1.48. The molecule has 0 saturated carbocycles. The highest BCUT2D eigenvalue weighted by molar-refractivity contribution is 9.10. The van der Waals surface area contributed by atoms with Crippen LogP contribution in [0.1, 0.15) is 0 Å². The minimum atomic E-state index is 0.781. The van der Waals surface area contributed by atoms with Crippen LogP contribution in [0, 0.1) is 0 Å². The summed E-state index contributed by atoms with van der Waals surface area (Å²) in [5, 5.41) is 3.44. The van der Waals surface area contributed by atoms with Crippen molar-refractivity contribution in [1.82, 2.24) is 9.97 Å². The van der Waals surface area contributed by atoms with Crippen molar-refractivity contribution in [1.29, 1.82) is 0 Å². The third kappa shape index (κ3) is 1.39. The van der Waals surface area contributed by atoms with Gasteiger partial charge in [0.25, 0.3) is 0 Å². The molecule has 72 valence electrons. The molecule has 3 heteroatoms. The maximum atomic E-state index is 4.33. The molecule has 0 atom stereocenters. The van der Waals surface area contributed by atoms with E-state index in [1.54, 1.807) is 0 Å². The fourth-order valence-corrected chi connectivity index (χ4v) is 2.02. The molecule has 2 aromatic heterocycles. The van der Waals surface area contributed by atoms with Crippen molar-refractivity contribution in [3.05, 3.63) is 47.2 Å². The normalized spacial score (nSPS) is 11.0. The van der Waals surface area contributed by atoms with E-state index in [1.807, 2.05) is 30.5 Å². The SMILES string of the molecule is Brc1ccc2c(ncc3ccccc32)n1. The Labute approximate surface area is 95.1 Å². The molecule has 0 amide bonds. The van der Waals surface area contributed by atoms with E-state index < -0.39 is 0 Å². The third-order valence-electron chi connectivity index (χ3n) is 2.42. The Morgan fingerprint density at radius 3 is 2.73 bits per heavy atom. The fraction of sp³-hybridized carbons (Fsp3) is 0. The summed E-state index contributed by atoms with van der Waals surface area (Å²) in [4.78, 5) is 8.66. The molecule has 3 aromatic rings. The summed E-state index contributed by atoms with van der Waals surface area (Å²) in [6.45, 7) is 0. The lowest BCUT2D eigenvalue weighted by atomic mass is 10.1. The van der Waals surface area contributed by atoms with Gasteiger partial charge in [0.15, 0.2) is 5.65 Å². The van der Waals surface area contributed by atoms with Crippen molar-refractivity contribution >= 4 is 37.7 Å². The number of nitrogens with zero attached hydrogens (tertiary/aromatic N) is 2. The Morgan fingerprint density at radius 1 is 0.933 bits per heavy atom. The first kappa shape index (κ1) is 8.80. The number of halogens is 1. The first-order valence-electron chi connectivity index (χ1n) is 4.64. The molecule has 0 unspecified atom stereocenters. The van der Waals surface area contributed by atoms with Gasteiger partial charge in [-0.1, -0.05) is 24.3 Å². The molecular formula is C12H7BrN2. The highest BCUT2D eigenvalue weighted by Gasteiger charge is 2.01. The third-order valence-corrected chi connectivity index (χ3v) is 2.86. The molecule has 2 nitrogen and oxygen atoms in total. The molecule has 0 N–H and O–H groups in total. The molecule has 0 fully saturated rings. The zero-order chi connectivity index (χ0) is 10.3. The lowest BCUT2D eigenvalue weighted by molar-refractivity contribution is 1.27. The molecule has 0 saturated heterocycles. The van der Waals surface area contributed by atoms with E-state index in [0.29, 0.717) is 0 Å². The predicted molar refractivity (Wildman–Crippen MR) is 64.7 cm³/mol. The van der Waals surface area contributed by atoms with E-state index in [1.165, 1.54) is 5.39 Å². The van der Waals surface area contributed by atoms with Gasteiger partial charge in [0.2, 0.25) is 0 Å². The summed E-state index contributed by atoms with van der Waals surface area (Å²) in [7, 11) is 0. The van der Waals surface area contributed by atoms with Crippen LogP contribution in [0.3, 0.4) is 0 Å². The van der Waals surface area contributed by atoms with E-state index in [-0.39, 0.29) is 0 Å². The second kappa shape index (κ2) is 3.28. The lowest BCUT2D eigenvalue weighted by Gasteiger charge is -2.01. The van der Waals surface area contributed by atoms with Crippen LogP contribution in [-0.4, -0.2) is 9.97 Å². The van der Waals surface area contributed by atoms with Crippen molar-refractivity contribution in [3.8, 4) is 0 Å². The minimum Gasteiger partial charge on any atom is -0.236 e. The van der Waals surface area contributed by atoms with Gasteiger partial charge in [0.05, 0.1) is 0 Å². The van der Waals surface area contributed by atoms with E-state index >= 15 is 0 Å². The van der Waals surface area contributed by atoms with Crippen molar-refractivity contribution in [3.63, 3.8) is 0 Å². The molecule has 15 heavy (non-hydrogen) atoms. The van der Waals surface area contributed by atoms with Gasteiger partial charge >= 0.3 is 0 Å². The molecule has 0 spiro atoms. The zero-order valence-electron chi connectivity index (χ0n) is 7.81. The smallest absolute Gasteiger partial charge is 0.161 e. The van der Waals surface area contributed by atoms with Crippen molar-refractivity contribution in [2.24, 2.45) is 0 Å². The Balaban J connectivity index is 2.55. The van der Waals surface area contributed by atoms with Crippen LogP contribution in [0.5, 0.6) is 0 Å². The summed E-state index contributed by atoms with van der Waals surface area (Å²) in [6.07, 6.45) is 1.86. The van der Waals surface area contributed by atoms with Crippen LogP contribution in [0.25, 0.3) is 21.8 Å². The second-order valence-electron chi connectivity index (χ2n) is 3.35. The van der Waals surface area contributed by atoms with Gasteiger partial charge in [-0.25, -0.2) is 9.97 Å². The van der Waals surface area contributed by atoms with Crippen LogP contribution < -0.4 is 0 Å². The summed E-state index contributed by atoms with van der Waals surface area (Å²) in [5.74, 6) is 0. The monoisotopic (exact) mass is 258 g/mol. The van der Waals surface area contributed by atoms with Crippen LogP contribution >= 0.6 is 15.9 Å². The molecule has 0 aliphatic rings. The molecule has 1 aromatic carbocycles. The van der Waals surface area contributed by atoms with E-state index in [0.717, 1.165) is 21.0 Å². The topological polar surface area (TPSA) is 25.8 Å². The largest absolute Gasteiger partial charge is 0.236 e. The van der Waals surface area contributed by atoms with Crippen LogP contribution in [0.2, 0.25) is 0 Å². The molecular weight excluding hydrogens is 252 g/mol. The van der Waals surface area contributed by atoms with E-state index in [4.69, 9.17) is 0 Å². The summed E-state index contributed by atoms with van der Waals surface area (Å²) in [5.41, 5.74) is 0.781. The molecule has 0 radical (unpaired) electrons. The summed E-state index contributed by atoms with van der Waals surface area (Å²) < 4.78 is 0.817. The average molecular weight is 259 g/mol. The minimum absolute atomic E-state index is 0.781. The molecule has 0 bridgehead atoms. The van der Waals surface area contributed by atoms with Gasteiger partial charge in [-0.3, -0.25) is 0 Å². The van der Waals surface area contributed by atoms with Gasteiger partial charge in [-0.15, -0.1) is 0 Å². The zero-order valence-corrected chi connectivity index (χ0v) is 9.40. The Bertz CT molecular complexity index is 649. The summed E-state index contributed by atoms with van der Waals surface area (Å²) >= 11 is 3.35. The predicted octanol–water partition coefficient (Wildman–Crippen LogP) is 3.55. The quantitative estimate of drug-likeness (QED) is 0.455. The number of hydrogen-bond donors (Lipinski definition) is 0. The number of hydrogen-bond acceptors (Lipinski definition) is 2. The molecule has 2 heterocycles. The molecule has 3 rings (SSSR count).